The van der Waals surface area contributed by atoms with Crippen molar-refractivity contribution in [2.75, 3.05) is 44.3 Å². The van der Waals surface area contributed by atoms with Crippen LogP contribution in [0.2, 0.25) is 0 Å². The topological polar surface area (TPSA) is 63.5 Å². The number of piperidine rings is 1. The van der Waals surface area contributed by atoms with Gasteiger partial charge >= 0.3 is 0 Å². The molecule has 0 N–H and O–H groups in total. The summed E-state index contributed by atoms with van der Waals surface area (Å²) in [5.41, 5.74) is 0.705. The molecule has 2 saturated heterocycles. The van der Waals surface area contributed by atoms with Gasteiger partial charge in [-0.25, -0.2) is 9.97 Å². The number of hydrogen-bond acceptors (Lipinski definition) is 5. The van der Waals surface area contributed by atoms with E-state index in [1.165, 1.54) is 0 Å². The summed E-state index contributed by atoms with van der Waals surface area (Å²) >= 11 is 0. The van der Waals surface area contributed by atoms with Crippen LogP contribution in [-0.2, 0) is 11.8 Å². The molecular formula is C19H25N5O2. The smallest absolute Gasteiger partial charge is 0.254 e. The Labute approximate surface area is 153 Å². The van der Waals surface area contributed by atoms with Gasteiger partial charge in [0.25, 0.3) is 5.91 Å². The monoisotopic (exact) mass is 355 g/mol. The molecule has 4 heterocycles. The number of aryl methyl sites for hydroxylation is 1. The zero-order valence-electron chi connectivity index (χ0n) is 15.2. The summed E-state index contributed by atoms with van der Waals surface area (Å²) in [5, 5.41) is 0. The van der Waals surface area contributed by atoms with Crippen LogP contribution < -0.4 is 4.90 Å². The lowest BCUT2D eigenvalue weighted by Crippen LogP contribution is -2.41. The number of aromatic nitrogens is 3. The van der Waals surface area contributed by atoms with Crippen molar-refractivity contribution in [3.05, 3.63) is 42.1 Å². The van der Waals surface area contributed by atoms with Gasteiger partial charge in [0.2, 0.25) is 0 Å². The Morgan fingerprint density at radius 2 is 2.04 bits per heavy atom. The van der Waals surface area contributed by atoms with E-state index in [2.05, 4.69) is 19.4 Å². The SMILES string of the molecule is Cn1ccnc1C1CCCN(c2cc(C(=O)N3CCOCC3)ccn2)C1. The molecular weight excluding hydrogens is 330 g/mol. The van der Waals surface area contributed by atoms with E-state index in [9.17, 15) is 4.79 Å². The lowest BCUT2D eigenvalue weighted by atomic mass is 9.97. The Balaban J connectivity index is 1.50. The number of amides is 1. The van der Waals surface area contributed by atoms with Gasteiger partial charge in [0, 0.05) is 63.3 Å². The molecule has 1 amide bonds. The largest absolute Gasteiger partial charge is 0.378 e. The maximum absolute atomic E-state index is 12.7. The van der Waals surface area contributed by atoms with Crippen LogP contribution in [-0.4, -0.2) is 64.7 Å². The summed E-state index contributed by atoms with van der Waals surface area (Å²) in [6.07, 6.45) is 7.82. The number of hydrogen-bond donors (Lipinski definition) is 0. The summed E-state index contributed by atoms with van der Waals surface area (Å²) in [4.78, 5) is 25.9. The fraction of sp³-hybridized carbons (Fsp3) is 0.526. The molecule has 0 aromatic carbocycles. The highest BCUT2D eigenvalue weighted by Gasteiger charge is 2.26. The van der Waals surface area contributed by atoms with Crippen LogP contribution in [0.15, 0.2) is 30.7 Å². The van der Waals surface area contributed by atoms with Crippen molar-refractivity contribution in [3.63, 3.8) is 0 Å². The zero-order chi connectivity index (χ0) is 17.9. The minimum absolute atomic E-state index is 0.0645. The second kappa shape index (κ2) is 7.45. The average Bonchev–Trinajstić information content (AvgIpc) is 3.14. The fourth-order valence-corrected chi connectivity index (χ4v) is 3.84. The molecule has 2 fully saturated rings. The van der Waals surface area contributed by atoms with Gasteiger partial charge in [-0.1, -0.05) is 0 Å². The molecule has 2 aliphatic rings. The van der Waals surface area contributed by atoms with Crippen molar-refractivity contribution in [2.45, 2.75) is 18.8 Å². The van der Waals surface area contributed by atoms with Crippen LogP contribution >= 0.6 is 0 Å². The molecule has 2 aromatic heterocycles. The van der Waals surface area contributed by atoms with Crippen LogP contribution in [0, 0.1) is 0 Å². The maximum Gasteiger partial charge on any atom is 0.254 e. The standard InChI is InChI=1S/C19H25N5O2/c1-22-8-6-21-18(22)16-3-2-7-24(14-16)17-13-15(4-5-20-17)19(25)23-9-11-26-12-10-23/h4-6,8,13,16H,2-3,7,9-12,14H2,1H3. The predicted octanol–water partition coefficient (Wildman–Crippen LogP) is 1.67. The van der Waals surface area contributed by atoms with Gasteiger partial charge < -0.3 is 19.1 Å². The van der Waals surface area contributed by atoms with Crippen LogP contribution in [0.3, 0.4) is 0 Å². The minimum Gasteiger partial charge on any atom is -0.378 e. The first-order chi connectivity index (χ1) is 12.7. The Bertz CT molecular complexity index is 769. The first-order valence-corrected chi connectivity index (χ1v) is 9.27. The number of carbonyl (C=O) groups is 1. The molecule has 0 saturated carbocycles. The molecule has 0 aliphatic carbocycles. The van der Waals surface area contributed by atoms with Gasteiger partial charge in [-0.2, -0.15) is 0 Å². The van der Waals surface area contributed by atoms with Gasteiger partial charge in [-0.05, 0) is 25.0 Å². The lowest BCUT2D eigenvalue weighted by Gasteiger charge is -2.33. The van der Waals surface area contributed by atoms with Crippen LogP contribution in [0.4, 0.5) is 5.82 Å². The number of morpholine rings is 1. The molecule has 0 spiro atoms. The van der Waals surface area contributed by atoms with Crippen LogP contribution in [0.1, 0.15) is 34.9 Å². The van der Waals surface area contributed by atoms with E-state index < -0.39 is 0 Å². The second-order valence-electron chi connectivity index (χ2n) is 6.99. The molecule has 7 nitrogen and oxygen atoms in total. The maximum atomic E-state index is 12.7. The molecule has 0 radical (unpaired) electrons. The van der Waals surface area contributed by atoms with Gasteiger partial charge in [-0.3, -0.25) is 4.79 Å². The van der Waals surface area contributed by atoms with Crippen LogP contribution in [0.25, 0.3) is 0 Å². The Hall–Kier alpha value is -2.41. The van der Waals surface area contributed by atoms with E-state index >= 15 is 0 Å². The van der Waals surface area contributed by atoms with E-state index in [1.807, 2.05) is 36.5 Å². The van der Waals surface area contributed by atoms with Gasteiger partial charge in [-0.15, -0.1) is 0 Å². The van der Waals surface area contributed by atoms with Gasteiger partial charge in [0.15, 0.2) is 0 Å². The molecule has 4 rings (SSSR count). The van der Waals surface area contributed by atoms with E-state index in [0.717, 1.165) is 37.6 Å². The summed E-state index contributed by atoms with van der Waals surface area (Å²) in [7, 11) is 2.04. The number of carbonyl (C=O) groups excluding carboxylic acids is 1. The predicted molar refractivity (Wildman–Crippen MR) is 98.4 cm³/mol. The molecule has 0 bridgehead atoms. The van der Waals surface area contributed by atoms with Gasteiger partial charge in [0.1, 0.15) is 11.6 Å². The summed E-state index contributed by atoms with van der Waals surface area (Å²) in [6, 6.07) is 3.74. The number of pyridine rings is 1. The number of imidazole rings is 1. The summed E-state index contributed by atoms with van der Waals surface area (Å²) in [6.45, 7) is 4.38. The van der Waals surface area contributed by atoms with E-state index in [-0.39, 0.29) is 5.91 Å². The lowest BCUT2D eigenvalue weighted by molar-refractivity contribution is 0.0303. The van der Waals surface area contributed by atoms with Crippen molar-refractivity contribution in [3.8, 4) is 0 Å². The van der Waals surface area contributed by atoms with Crippen molar-refractivity contribution >= 4 is 11.7 Å². The quantitative estimate of drug-likeness (QED) is 0.838. The number of ether oxygens (including phenoxy) is 1. The normalized spacial score (nSPS) is 21.0. The Kier molecular flexibility index (Phi) is 4.88. The Morgan fingerprint density at radius 1 is 1.19 bits per heavy atom. The second-order valence-corrected chi connectivity index (χ2v) is 6.99. The number of anilines is 1. The third-order valence-corrected chi connectivity index (χ3v) is 5.26. The summed E-state index contributed by atoms with van der Waals surface area (Å²) in [5.74, 6) is 2.46. The van der Waals surface area contributed by atoms with E-state index in [0.29, 0.717) is 37.8 Å². The van der Waals surface area contributed by atoms with Gasteiger partial charge in [0.05, 0.1) is 13.2 Å². The van der Waals surface area contributed by atoms with E-state index in [1.54, 1.807) is 6.20 Å². The summed E-state index contributed by atoms with van der Waals surface area (Å²) < 4.78 is 7.44. The molecule has 1 unspecified atom stereocenters. The van der Waals surface area contributed by atoms with Crippen molar-refractivity contribution < 1.29 is 9.53 Å². The highest BCUT2D eigenvalue weighted by molar-refractivity contribution is 5.94. The highest BCUT2D eigenvalue weighted by Crippen LogP contribution is 2.28. The molecule has 2 aromatic rings. The molecule has 7 heteroatoms. The molecule has 1 atom stereocenters. The molecule has 138 valence electrons. The Morgan fingerprint density at radius 3 is 2.81 bits per heavy atom. The van der Waals surface area contributed by atoms with Crippen molar-refractivity contribution in [2.24, 2.45) is 7.05 Å². The molecule has 26 heavy (non-hydrogen) atoms. The van der Waals surface area contributed by atoms with Crippen LogP contribution in [0.5, 0.6) is 0 Å². The average molecular weight is 355 g/mol. The first kappa shape index (κ1) is 17.0. The number of rotatable bonds is 3. The third kappa shape index (κ3) is 3.44. The van der Waals surface area contributed by atoms with E-state index in [4.69, 9.17) is 4.74 Å². The first-order valence-electron chi connectivity index (χ1n) is 9.27. The number of nitrogens with zero attached hydrogens (tertiary/aromatic N) is 5. The molecule has 2 aliphatic heterocycles. The van der Waals surface area contributed by atoms with Crippen molar-refractivity contribution in [1.82, 2.24) is 19.4 Å². The zero-order valence-corrected chi connectivity index (χ0v) is 15.2. The van der Waals surface area contributed by atoms with Crippen molar-refractivity contribution in [1.29, 1.82) is 0 Å². The fourth-order valence-electron chi connectivity index (χ4n) is 3.84. The third-order valence-electron chi connectivity index (χ3n) is 5.26. The highest BCUT2D eigenvalue weighted by atomic mass is 16.5. The minimum atomic E-state index is 0.0645.